The number of hydrogen-bond acceptors (Lipinski definition) is 5. The number of aliphatic hydroxyl groups is 1. The molecule has 1 N–H and O–H groups in total. The Morgan fingerprint density at radius 2 is 1.75 bits per heavy atom. The number of allylic oxidation sites excluding steroid dienone is 3. The molecule has 0 saturated heterocycles. The van der Waals surface area contributed by atoms with Crippen LogP contribution in [0.4, 0.5) is 0 Å². The highest BCUT2D eigenvalue weighted by Gasteiger charge is 2.40. The van der Waals surface area contributed by atoms with Crippen LogP contribution in [0.5, 0.6) is 0 Å². The lowest BCUT2D eigenvalue weighted by Gasteiger charge is -2.20. The Morgan fingerprint density at radius 1 is 1.00 bits per heavy atom. The summed E-state index contributed by atoms with van der Waals surface area (Å²) in [5, 5.41) is 10.5. The van der Waals surface area contributed by atoms with Gasteiger partial charge in [-0.25, -0.2) is 0 Å². The minimum absolute atomic E-state index is 0.0886. The number of aliphatic hydroxyl groups excluding tert-OH is 1. The number of rotatable bonds is 15. The van der Waals surface area contributed by atoms with Crippen LogP contribution in [-0.2, 0) is 19.0 Å². The Bertz CT molecular complexity index is 460. The van der Waals surface area contributed by atoms with Crippen LogP contribution in [0.1, 0.15) is 64.2 Å². The SMILES string of the molecule is COCCCCCC/C=C/[C@@H]1C(C/C=C\CCCC(=O)OC)[C@@H](O)C[C@H]1OC. The highest BCUT2D eigenvalue weighted by atomic mass is 16.5. The van der Waals surface area contributed by atoms with E-state index in [1.807, 2.05) is 0 Å². The summed E-state index contributed by atoms with van der Waals surface area (Å²) in [5.41, 5.74) is 0. The summed E-state index contributed by atoms with van der Waals surface area (Å²) in [7, 11) is 4.90. The van der Waals surface area contributed by atoms with E-state index in [0.717, 1.165) is 38.7 Å². The second-order valence-electron chi connectivity index (χ2n) is 7.62. The highest BCUT2D eigenvalue weighted by molar-refractivity contribution is 5.69. The fourth-order valence-corrected chi connectivity index (χ4v) is 3.89. The molecule has 0 aromatic carbocycles. The van der Waals surface area contributed by atoms with E-state index in [1.54, 1.807) is 14.2 Å². The molecular formula is C23H40O5. The molecule has 1 unspecified atom stereocenters. The highest BCUT2D eigenvalue weighted by Crippen LogP contribution is 2.38. The van der Waals surface area contributed by atoms with Crippen molar-refractivity contribution in [3.63, 3.8) is 0 Å². The van der Waals surface area contributed by atoms with Crippen molar-refractivity contribution in [2.24, 2.45) is 11.8 Å². The molecular weight excluding hydrogens is 356 g/mol. The van der Waals surface area contributed by atoms with Crippen molar-refractivity contribution in [2.45, 2.75) is 76.4 Å². The maximum atomic E-state index is 11.1. The smallest absolute Gasteiger partial charge is 0.305 e. The summed E-state index contributed by atoms with van der Waals surface area (Å²) in [5.74, 6) is 0.291. The van der Waals surface area contributed by atoms with Crippen LogP contribution in [0, 0.1) is 11.8 Å². The van der Waals surface area contributed by atoms with Crippen LogP contribution in [0.25, 0.3) is 0 Å². The van der Waals surface area contributed by atoms with Crippen LogP contribution in [0.2, 0.25) is 0 Å². The largest absolute Gasteiger partial charge is 0.469 e. The van der Waals surface area contributed by atoms with Gasteiger partial charge in [0.2, 0.25) is 0 Å². The number of hydrogen-bond donors (Lipinski definition) is 1. The summed E-state index contributed by atoms with van der Waals surface area (Å²) in [4.78, 5) is 11.1. The minimum Gasteiger partial charge on any atom is -0.469 e. The zero-order valence-corrected chi connectivity index (χ0v) is 18.0. The number of carbonyl (C=O) groups is 1. The van der Waals surface area contributed by atoms with Crippen molar-refractivity contribution in [3.05, 3.63) is 24.3 Å². The zero-order valence-electron chi connectivity index (χ0n) is 18.0. The van der Waals surface area contributed by atoms with Crippen LogP contribution in [0.3, 0.4) is 0 Å². The second kappa shape index (κ2) is 15.7. The first-order valence-electron chi connectivity index (χ1n) is 10.7. The molecule has 0 heterocycles. The van der Waals surface area contributed by atoms with Gasteiger partial charge in [0, 0.05) is 39.6 Å². The molecule has 1 aliphatic carbocycles. The third kappa shape index (κ3) is 9.85. The number of ether oxygens (including phenoxy) is 3. The van der Waals surface area contributed by atoms with E-state index in [0.29, 0.717) is 12.8 Å². The van der Waals surface area contributed by atoms with Crippen molar-refractivity contribution in [3.8, 4) is 0 Å². The molecule has 5 heteroatoms. The van der Waals surface area contributed by atoms with E-state index in [4.69, 9.17) is 9.47 Å². The normalized spacial score (nSPS) is 25.1. The Balaban J connectivity index is 2.38. The molecule has 1 saturated carbocycles. The van der Waals surface area contributed by atoms with E-state index in [9.17, 15) is 9.90 Å². The molecule has 1 fully saturated rings. The van der Waals surface area contributed by atoms with Crippen molar-refractivity contribution in [2.75, 3.05) is 27.9 Å². The molecule has 1 aliphatic rings. The topological polar surface area (TPSA) is 65.0 Å². The lowest BCUT2D eigenvalue weighted by molar-refractivity contribution is -0.140. The van der Waals surface area contributed by atoms with E-state index < -0.39 is 0 Å². The number of esters is 1. The van der Waals surface area contributed by atoms with Gasteiger partial charge < -0.3 is 19.3 Å². The van der Waals surface area contributed by atoms with Crippen LogP contribution in [0.15, 0.2) is 24.3 Å². The maximum absolute atomic E-state index is 11.1. The fourth-order valence-electron chi connectivity index (χ4n) is 3.89. The van der Waals surface area contributed by atoms with Gasteiger partial charge in [0.25, 0.3) is 0 Å². The molecule has 0 spiro atoms. The summed E-state index contributed by atoms with van der Waals surface area (Å²) >= 11 is 0. The first-order valence-corrected chi connectivity index (χ1v) is 10.7. The lowest BCUT2D eigenvalue weighted by atomic mass is 9.89. The van der Waals surface area contributed by atoms with Gasteiger partial charge in [-0.1, -0.05) is 37.1 Å². The van der Waals surface area contributed by atoms with Crippen molar-refractivity contribution >= 4 is 5.97 Å². The Labute approximate surface area is 171 Å². The maximum Gasteiger partial charge on any atom is 0.305 e. The molecule has 0 aromatic rings. The van der Waals surface area contributed by atoms with E-state index >= 15 is 0 Å². The Morgan fingerprint density at radius 3 is 2.46 bits per heavy atom. The molecule has 28 heavy (non-hydrogen) atoms. The van der Waals surface area contributed by atoms with Crippen LogP contribution in [-0.4, -0.2) is 51.2 Å². The van der Waals surface area contributed by atoms with Crippen molar-refractivity contribution < 1.29 is 24.1 Å². The van der Waals surface area contributed by atoms with E-state index in [-0.39, 0.29) is 30.0 Å². The van der Waals surface area contributed by atoms with E-state index in [1.165, 1.54) is 26.4 Å². The predicted octanol–water partition coefficient (Wildman–Crippen LogP) is 4.44. The van der Waals surface area contributed by atoms with Gasteiger partial charge in [0.1, 0.15) is 0 Å². The number of methoxy groups -OCH3 is 3. The Hall–Kier alpha value is -1.17. The molecule has 5 nitrogen and oxygen atoms in total. The predicted molar refractivity (Wildman–Crippen MR) is 112 cm³/mol. The average molecular weight is 397 g/mol. The summed E-state index contributed by atoms with van der Waals surface area (Å²) in [6.45, 7) is 0.850. The van der Waals surface area contributed by atoms with Gasteiger partial charge in [0.15, 0.2) is 0 Å². The van der Waals surface area contributed by atoms with Gasteiger partial charge in [-0.05, 0) is 44.4 Å². The molecule has 0 radical (unpaired) electrons. The number of unbranched alkanes of at least 4 members (excludes halogenated alkanes) is 5. The Kier molecular flexibility index (Phi) is 14.0. The zero-order chi connectivity index (χ0) is 20.6. The molecule has 4 atom stereocenters. The molecule has 0 aliphatic heterocycles. The van der Waals surface area contributed by atoms with Gasteiger partial charge in [-0.3, -0.25) is 4.79 Å². The first-order chi connectivity index (χ1) is 13.6. The third-order valence-electron chi connectivity index (χ3n) is 5.58. The fraction of sp³-hybridized carbons (Fsp3) is 0.783. The summed E-state index contributed by atoms with van der Waals surface area (Å²) < 4.78 is 15.4. The molecule has 0 amide bonds. The van der Waals surface area contributed by atoms with Gasteiger partial charge >= 0.3 is 5.97 Å². The third-order valence-corrected chi connectivity index (χ3v) is 5.58. The monoisotopic (exact) mass is 396 g/mol. The molecule has 1 rings (SSSR count). The van der Waals surface area contributed by atoms with Crippen LogP contribution < -0.4 is 0 Å². The van der Waals surface area contributed by atoms with Crippen molar-refractivity contribution in [1.82, 2.24) is 0 Å². The number of carbonyl (C=O) groups excluding carboxylic acids is 1. The minimum atomic E-state index is -0.326. The van der Waals surface area contributed by atoms with Crippen molar-refractivity contribution in [1.29, 1.82) is 0 Å². The van der Waals surface area contributed by atoms with E-state index in [2.05, 4.69) is 29.0 Å². The molecule has 0 aromatic heterocycles. The second-order valence-corrected chi connectivity index (χ2v) is 7.62. The van der Waals surface area contributed by atoms with Gasteiger partial charge in [-0.2, -0.15) is 0 Å². The van der Waals surface area contributed by atoms with Gasteiger partial charge in [0.05, 0.1) is 19.3 Å². The molecule has 0 bridgehead atoms. The average Bonchev–Trinajstić information content (AvgIpc) is 3.01. The molecule has 162 valence electrons. The first kappa shape index (κ1) is 24.9. The quantitative estimate of drug-likeness (QED) is 0.252. The summed E-state index contributed by atoms with van der Waals surface area (Å²) in [6.07, 6.45) is 18.0. The van der Waals surface area contributed by atoms with Gasteiger partial charge in [-0.15, -0.1) is 0 Å². The van der Waals surface area contributed by atoms with Crippen LogP contribution >= 0.6 is 0 Å². The lowest BCUT2D eigenvalue weighted by Crippen LogP contribution is -2.21. The summed E-state index contributed by atoms with van der Waals surface area (Å²) in [6, 6.07) is 0. The standard InChI is InChI=1S/C23H40O5/c1-26-17-13-9-5-4-6-11-15-20-19(21(24)18-22(20)27-2)14-10-7-8-12-16-23(25)28-3/h7,10-11,15,19-22,24H,4-6,8-9,12-14,16-18H2,1-3H3/b10-7-,15-11+/t19?,20-,21+,22-/m1/s1.